The minimum absolute atomic E-state index is 0.0486. The van der Waals surface area contributed by atoms with Crippen LogP contribution in [0.1, 0.15) is 41.5 Å². The lowest BCUT2D eigenvalue weighted by Gasteiger charge is -2.20. The molecule has 8 nitrogen and oxygen atoms in total. The number of nitrogens with two attached hydrogens (primary N) is 1. The van der Waals surface area contributed by atoms with E-state index < -0.39 is 27.8 Å². The maximum Gasteiger partial charge on any atom is 0.243 e. The third kappa shape index (κ3) is 3.25. The second kappa shape index (κ2) is 6.72. The van der Waals surface area contributed by atoms with Gasteiger partial charge in [-0.1, -0.05) is 6.07 Å². The lowest BCUT2D eigenvalue weighted by atomic mass is 9.92. The summed E-state index contributed by atoms with van der Waals surface area (Å²) < 4.78 is 27.7. The van der Waals surface area contributed by atoms with Crippen LogP contribution in [-0.2, 0) is 27.7 Å². The number of hydrogen-bond acceptors (Lipinski definition) is 5. The van der Waals surface area contributed by atoms with Crippen molar-refractivity contribution in [3.63, 3.8) is 0 Å². The summed E-state index contributed by atoms with van der Waals surface area (Å²) in [7, 11) is -3.71. The number of hydrogen-bond donors (Lipinski definition) is 2. The fraction of sp³-hybridized carbons (Fsp3) is 0.500. The van der Waals surface area contributed by atoms with Crippen LogP contribution >= 0.6 is 0 Å². The van der Waals surface area contributed by atoms with E-state index in [1.165, 1.54) is 9.87 Å². The van der Waals surface area contributed by atoms with Gasteiger partial charge in [-0.25, -0.2) is 13.4 Å². The molecule has 4 rings (SSSR count). The van der Waals surface area contributed by atoms with Crippen molar-refractivity contribution in [2.24, 2.45) is 11.7 Å². The monoisotopic (exact) mass is 389 g/mol. The van der Waals surface area contributed by atoms with Crippen molar-refractivity contribution in [2.75, 3.05) is 13.1 Å². The molecule has 27 heavy (non-hydrogen) atoms. The van der Waals surface area contributed by atoms with Crippen LogP contribution < -0.4 is 5.73 Å². The number of carbonyl (C=O) groups excluding carboxylic acids is 1. The zero-order chi connectivity index (χ0) is 19.2. The molecule has 1 aliphatic heterocycles. The molecule has 2 aromatic rings. The topological polar surface area (TPSA) is 122 Å². The van der Waals surface area contributed by atoms with Gasteiger partial charge in [0, 0.05) is 19.0 Å². The van der Waals surface area contributed by atoms with Crippen LogP contribution in [0.2, 0.25) is 0 Å². The highest BCUT2D eigenvalue weighted by molar-refractivity contribution is 7.89. The van der Waals surface area contributed by atoms with Crippen molar-refractivity contribution >= 4 is 15.9 Å². The summed E-state index contributed by atoms with van der Waals surface area (Å²) in [6, 6.07) is 5.37. The number of aryl methyl sites for hydroxylation is 3. The Hall–Kier alpha value is -2.26. The molecule has 9 heteroatoms. The Labute approximate surface area is 158 Å². The van der Waals surface area contributed by atoms with Gasteiger partial charge in [-0.05, 0) is 55.9 Å². The van der Waals surface area contributed by atoms with Crippen molar-refractivity contribution in [2.45, 2.75) is 43.4 Å². The maximum absolute atomic E-state index is 13.2. The fourth-order valence-corrected chi connectivity index (χ4v) is 5.60. The predicted molar refractivity (Wildman–Crippen MR) is 98.4 cm³/mol. The Kier molecular flexibility index (Phi) is 4.51. The number of aromatic amines is 1. The number of benzene rings is 1. The number of nitrogens with one attached hydrogen (secondary N) is 1. The summed E-state index contributed by atoms with van der Waals surface area (Å²) in [5.74, 6) is -0.582. The molecule has 1 aliphatic carbocycles. The molecule has 144 valence electrons. The summed E-state index contributed by atoms with van der Waals surface area (Å²) in [6.45, 7) is 1.95. The van der Waals surface area contributed by atoms with Gasteiger partial charge < -0.3 is 5.73 Å². The predicted octanol–water partition coefficient (Wildman–Crippen LogP) is 0.882. The van der Waals surface area contributed by atoms with Crippen LogP contribution in [0.5, 0.6) is 0 Å². The highest BCUT2D eigenvalue weighted by Gasteiger charge is 2.44. The summed E-state index contributed by atoms with van der Waals surface area (Å²) in [4.78, 5) is 16.5. The molecule has 2 unspecified atom stereocenters. The van der Waals surface area contributed by atoms with Crippen LogP contribution in [0.25, 0.3) is 0 Å². The molecule has 2 aliphatic rings. The average Bonchev–Trinajstić information content (AvgIpc) is 3.28. The van der Waals surface area contributed by atoms with Gasteiger partial charge in [0.25, 0.3) is 0 Å². The Morgan fingerprint density at radius 2 is 1.96 bits per heavy atom. The van der Waals surface area contributed by atoms with Gasteiger partial charge >= 0.3 is 0 Å². The van der Waals surface area contributed by atoms with Crippen molar-refractivity contribution in [3.8, 4) is 0 Å². The van der Waals surface area contributed by atoms with Crippen molar-refractivity contribution < 1.29 is 13.2 Å². The summed E-state index contributed by atoms with van der Waals surface area (Å²) in [5, 5.41) is 6.86. The molecule has 1 amide bonds. The second-order valence-electron chi connectivity index (χ2n) is 7.35. The molecular weight excluding hydrogens is 366 g/mol. The number of carbonyl (C=O) groups is 1. The lowest BCUT2D eigenvalue weighted by Crippen LogP contribution is -2.32. The Morgan fingerprint density at radius 3 is 2.63 bits per heavy atom. The maximum atomic E-state index is 13.2. The normalized spacial score (nSPS) is 23.3. The summed E-state index contributed by atoms with van der Waals surface area (Å²) in [5.41, 5.74) is 7.87. The summed E-state index contributed by atoms with van der Waals surface area (Å²) in [6.07, 6.45) is 4.12. The molecule has 2 atom stereocenters. The lowest BCUT2D eigenvalue weighted by molar-refractivity contribution is -0.121. The van der Waals surface area contributed by atoms with Gasteiger partial charge in [-0.2, -0.15) is 9.40 Å². The third-order valence-electron chi connectivity index (χ3n) is 5.56. The minimum Gasteiger partial charge on any atom is -0.369 e. The summed E-state index contributed by atoms with van der Waals surface area (Å²) >= 11 is 0. The SMILES string of the molecule is Cc1nc(C2CN(S(=O)(=O)c3ccc4c(c3)CCCC4)CC2C(N)=O)n[nH]1. The molecule has 0 saturated carbocycles. The molecule has 1 aromatic heterocycles. The van der Waals surface area contributed by atoms with Crippen molar-refractivity contribution in [3.05, 3.63) is 41.0 Å². The molecule has 3 N–H and O–H groups in total. The van der Waals surface area contributed by atoms with E-state index in [0.717, 1.165) is 31.2 Å². The molecular formula is C18H23N5O3S. The highest BCUT2D eigenvalue weighted by Crippen LogP contribution is 2.35. The van der Waals surface area contributed by atoms with E-state index in [9.17, 15) is 13.2 Å². The largest absolute Gasteiger partial charge is 0.369 e. The van der Waals surface area contributed by atoms with Crippen LogP contribution in [0.15, 0.2) is 23.1 Å². The van der Waals surface area contributed by atoms with Gasteiger partial charge in [-0.3, -0.25) is 9.89 Å². The number of primary amides is 1. The van der Waals surface area contributed by atoms with Gasteiger partial charge in [-0.15, -0.1) is 0 Å². The first-order chi connectivity index (χ1) is 12.9. The van der Waals surface area contributed by atoms with E-state index >= 15 is 0 Å². The number of nitrogens with zero attached hydrogens (tertiary/aromatic N) is 3. The van der Waals surface area contributed by atoms with E-state index in [4.69, 9.17) is 5.73 Å². The molecule has 0 radical (unpaired) electrons. The van der Waals surface area contributed by atoms with Gasteiger partial charge in [0.05, 0.1) is 10.8 Å². The Balaban J connectivity index is 1.65. The fourth-order valence-electron chi connectivity index (χ4n) is 4.06. The quantitative estimate of drug-likeness (QED) is 0.804. The number of aromatic nitrogens is 3. The van der Waals surface area contributed by atoms with Crippen molar-refractivity contribution in [1.29, 1.82) is 0 Å². The van der Waals surface area contributed by atoms with Gasteiger partial charge in [0.2, 0.25) is 15.9 Å². The van der Waals surface area contributed by atoms with Crippen LogP contribution in [0.4, 0.5) is 0 Å². The van der Waals surface area contributed by atoms with E-state index in [1.807, 2.05) is 6.07 Å². The molecule has 1 saturated heterocycles. The van der Waals surface area contributed by atoms with E-state index in [0.29, 0.717) is 11.6 Å². The smallest absolute Gasteiger partial charge is 0.243 e. The van der Waals surface area contributed by atoms with Crippen LogP contribution in [-0.4, -0.2) is 46.9 Å². The Morgan fingerprint density at radius 1 is 1.22 bits per heavy atom. The van der Waals surface area contributed by atoms with E-state index in [2.05, 4.69) is 15.2 Å². The Bertz CT molecular complexity index is 985. The zero-order valence-corrected chi connectivity index (χ0v) is 16.0. The molecule has 0 bridgehead atoms. The first-order valence-electron chi connectivity index (χ1n) is 9.16. The number of rotatable bonds is 4. The number of sulfonamides is 1. The van der Waals surface area contributed by atoms with E-state index in [1.54, 1.807) is 19.1 Å². The minimum atomic E-state index is -3.71. The van der Waals surface area contributed by atoms with Crippen LogP contribution in [0.3, 0.4) is 0 Å². The zero-order valence-electron chi connectivity index (χ0n) is 15.2. The number of amides is 1. The third-order valence-corrected chi connectivity index (χ3v) is 7.38. The first kappa shape index (κ1) is 18.1. The average molecular weight is 389 g/mol. The first-order valence-corrected chi connectivity index (χ1v) is 10.6. The van der Waals surface area contributed by atoms with E-state index in [-0.39, 0.29) is 18.0 Å². The van der Waals surface area contributed by atoms with Gasteiger partial charge in [0.1, 0.15) is 5.82 Å². The molecule has 2 heterocycles. The number of fused-ring (bicyclic) bond motifs is 1. The molecule has 1 fully saturated rings. The molecule has 0 spiro atoms. The standard InChI is InChI=1S/C18H23N5O3S/c1-11-20-18(22-21-11)16-10-23(9-15(16)17(19)24)27(25,26)14-7-6-12-4-2-3-5-13(12)8-14/h6-8,15-16H,2-5,9-10H2,1H3,(H2,19,24)(H,20,21,22). The van der Waals surface area contributed by atoms with Crippen molar-refractivity contribution in [1.82, 2.24) is 19.5 Å². The molecule has 1 aromatic carbocycles. The highest BCUT2D eigenvalue weighted by atomic mass is 32.2. The van der Waals surface area contributed by atoms with Crippen LogP contribution in [0, 0.1) is 12.8 Å². The van der Waals surface area contributed by atoms with Gasteiger partial charge in [0.15, 0.2) is 5.82 Å². The number of H-pyrrole nitrogens is 1. The second-order valence-corrected chi connectivity index (χ2v) is 9.29.